The van der Waals surface area contributed by atoms with E-state index in [9.17, 15) is 4.79 Å². The smallest absolute Gasteiger partial charge is 0.257 e. The molecule has 4 nitrogen and oxygen atoms in total. The van der Waals surface area contributed by atoms with E-state index in [0.29, 0.717) is 22.6 Å². The normalized spacial score (nSPS) is 10.1. The molecule has 0 saturated heterocycles. The van der Waals surface area contributed by atoms with Gasteiger partial charge in [0.2, 0.25) is 0 Å². The molecule has 0 aliphatic carbocycles. The predicted molar refractivity (Wildman–Crippen MR) is 72.5 cm³/mol. The summed E-state index contributed by atoms with van der Waals surface area (Å²) in [5, 5.41) is 2.79. The maximum absolute atomic E-state index is 12.1. The van der Waals surface area contributed by atoms with Gasteiger partial charge in [-0.05, 0) is 43.7 Å². The van der Waals surface area contributed by atoms with Crippen molar-refractivity contribution in [3.63, 3.8) is 0 Å². The lowest BCUT2D eigenvalue weighted by molar-refractivity contribution is 0.102. The number of amides is 1. The number of carbonyl (C=O) groups is 1. The Kier molecular flexibility index (Phi) is 3.28. The van der Waals surface area contributed by atoms with Gasteiger partial charge in [0.05, 0.1) is 16.9 Å². The summed E-state index contributed by atoms with van der Waals surface area (Å²) >= 11 is 0. The fraction of sp³-hybridized carbons (Fsp3) is 0.143. The molecule has 0 aliphatic rings. The molecule has 1 aromatic carbocycles. The highest BCUT2D eigenvalue weighted by Gasteiger charge is 2.10. The number of anilines is 2. The third kappa shape index (κ3) is 2.48. The summed E-state index contributed by atoms with van der Waals surface area (Å²) in [4.78, 5) is 16.2. The minimum atomic E-state index is -0.198. The molecule has 1 aromatic heterocycles. The largest absolute Gasteiger partial charge is 0.397 e. The molecule has 0 fully saturated rings. The number of carbonyl (C=O) groups excluding carboxylic acids is 1. The molecular formula is C14H15N3O. The van der Waals surface area contributed by atoms with E-state index in [1.54, 1.807) is 31.3 Å². The minimum Gasteiger partial charge on any atom is -0.397 e. The van der Waals surface area contributed by atoms with Crippen LogP contribution in [0.4, 0.5) is 11.4 Å². The Labute approximate surface area is 106 Å². The van der Waals surface area contributed by atoms with Crippen molar-refractivity contribution in [2.45, 2.75) is 13.8 Å². The molecule has 2 rings (SSSR count). The van der Waals surface area contributed by atoms with Crippen LogP contribution in [-0.4, -0.2) is 10.9 Å². The second-order valence-electron chi connectivity index (χ2n) is 4.18. The Morgan fingerprint density at radius 3 is 2.72 bits per heavy atom. The van der Waals surface area contributed by atoms with Crippen LogP contribution in [0.1, 0.15) is 21.6 Å². The Hall–Kier alpha value is -2.36. The number of hydrogen-bond acceptors (Lipinski definition) is 3. The molecule has 2 aromatic rings. The first kappa shape index (κ1) is 12.1. The van der Waals surface area contributed by atoms with Gasteiger partial charge in [-0.15, -0.1) is 0 Å². The maximum Gasteiger partial charge on any atom is 0.257 e. The van der Waals surface area contributed by atoms with Crippen molar-refractivity contribution in [1.29, 1.82) is 0 Å². The van der Waals surface area contributed by atoms with E-state index in [1.807, 2.05) is 19.1 Å². The summed E-state index contributed by atoms with van der Waals surface area (Å²) in [5.74, 6) is -0.198. The van der Waals surface area contributed by atoms with Crippen LogP contribution in [0, 0.1) is 13.8 Å². The van der Waals surface area contributed by atoms with Gasteiger partial charge in [0.15, 0.2) is 0 Å². The summed E-state index contributed by atoms with van der Waals surface area (Å²) in [7, 11) is 0. The zero-order chi connectivity index (χ0) is 13.1. The number of nitrogens with one attached hydrogen (secondary N) is 1. The van der Waals surface area contributed by atoms with Gasteiger partial charge in [-0.25, -0.2) is 0 Å². The van der Waals surface area contributed by atoms with Crippen LogP contribution in [0.3, 0.4) is 0 Å². The first-order valence-electron chi connectivity index (χ1n) is 5.67. The van der Waals surface area contributed by atoms with Gasteiger partial charge in [0, 0.05) is 11.9 Å². The molecule has 92 valence electrons. The van der Waals surface area contributed by atoms with Crippen molar-refractivity contribution in [2.75, 3.05) is 11.1 Å². The van der Waals surface area contributed by atoms with E-state index >= 15 is 0 Å². The second kappa shape index (κ2) is 4.87. The molecular weight excluding hydrogens is 226 g/mol. The second-order valence-corrected chi connectivity index (χ2v) is 4.18. The molecule has 3 N–H and O–H groups in total. The number of rotatable bonds is 2. The molecule has 4 heteroatoms. The van der Waals surface area contributed by atoms with Crippen molar-refractivity contribution >= 4 is 17.3 Å². The SMILES string of the molecule is Cc1ccc(NC(=O)c2cccnc2C)c(N)c1. The Morgan fingerprint density at radius 2 is 2.06 bits per heavy atom. The summed E-state index contributed by atoms with van der Waals surface area (Å²) in [5.41, 5.74) is 9.34. The highest BCUT2D eigenvalue weighted by Crippen LogP contribution is 2.20. The predicted octanol–water partition coefficient (Wildman–Crippen LogP) is 2.53. The van der Waals surface area contributed by atoms with Crippen LogP contribution < -0.4 is 11.1 Å². The molecule has 0 atom stereocenters. The molecule has 0 radical (unpaired) electrons. The third-order valence-corrected chi connectivity index (χ3v) is 2.71. The average Bonchev–Trinajstić information content (AvgIpc) is 2.33. The van der Waals surface area contributed by atoms with Gasteiger partial charge in [0.1, 0.15) is 0 Å². The third-order valence-electron chi connectivity index (χ3n) is 2.71. The quantitative estimate of drug-likeness (QED) is 0.794. The lowest BCUT2D eigenvalue weighted by Gasteiger charge is -2.09. The fourth-order valence-electron chi connectivity index (χ4n) is 1.71. The highest BCUT2D eigenvalue weighted by atomic mass is 16.1. The molecule has 0 saturated carbocycles. The van der Waals surface area contributed by atoms with Crippen molar-refractivity contribution in [2.24, 2.45) is 0 Å². The zero-order valence-electron chi connectivity index (χ0n) is 10.4. The van der Waals surface area contributed by atoms with Crippen LogP contribution in [0.5, 0.6) is 0 Å². The van der Waals surface area contributed by atoms with Crippen molar-refractivity contribution < 1.29 is 4.79 Å². The summed E-state index contributed by atoms with van der Waals surface area (Å²) in [6, 6.07) is 9.00. The Balaban J connectivity index is 2.24. The summed E-state index contributed by atoms with van der Waals surface area (Å²) in [6.07, 6.45) is 1.66. The molecule has 0 spiro atoms. The van der Waals surface area contributed by atoms with E-state index in [2.05, 4.69) is 10.3 Å². The Morgan fingerprint density at radius 1 is 1.28 bits per heavy atom. The van der Waals surface area contributed by atoms with E-state index in [-0.39, 0.29) is 5.91 Å². The Bertz CT molecular complexity index is 593. The number of nitrogen functional groups attached to an aromatic ring is 1. The van der Waals surface area contributed by atoms with Gasteiger partial charge < -0.3 is 11.1 Å². The molecule has 1 heterocycles. The van der Waals surface area contributed by atoms with E-state index < -0.39 is 0 Å². The van der Waals surface area contributed by atoms with Gasteiger partial charge >= 0.3 is 0 Å². The minimum absolute atomic E-state index is 0.198. The fourth-order valence-corrected chi connectivity index (χ4v) is 1.71. The molecule has 1 amide bonds. The molecule has 0 bridgehead atoms. The summed E-state index contributed by atoms with van der Waals surface area (Å²) < 4.78 is 0. The van der Waals surface area contributed by atoms with Gasteiger partial charge in [0.25, 0.3) is 5.91 Å². The lowest BCUT2D eigenvalue weighted by Crippen LogP contribution is -2.15. The first-order valence-corrected chi connectivity index (χ1v) is 5.67. The zero-order valence-corrected chi connectivity index (χ0v) is 10.4. The van der Waals surface area contributed by atoms with E-state index in [4.69, 9.17) is 5.73 Å². The van der Waals surface area contributed by atoms with Crippen LogP contribution >= 0.6 is 0 Å². The summed E-state index contributed by atoms with van der Waals surface area (Å²) in [6.45, 7) is 3.75. The number of hydrogen-bond donors (Lipinski definition) is 2. The van der Waals surface area contributed by atoms with Crippen LogP contribution in [0.15, 0.2) is 36.5 Å². The molecule has 18 heavy (non-hydrogen) atoms. The van der Waals surface area contributed by atoms with Gasteiger partial charge in [-0.3, -0.25) is 9.78 Å². The number of aromatic nitrogens is 1. The van der Waals surface area contributed by atoms with E-state index in [0.717, 1.165) is 5.56 Å². The number of pyridine rings is 1. The lowest BCUT2D eigenvalue weighted by atomic mass is 10.1. The highest BCUT2D eigenvalue weighted by molar-refractivity contribution is 6.06. The molecule has 0 aliphatic heterocycles. The topological polar surface area (TPSA) is 68.0 Å². The molecule has 0 unspecified atom stereocenters. The average molecular weight is 241 g/mol. The van der Waals surface area contributed by atoms with Gasteiger partial charge in [-0.1, -0.05) is 6.07 Å². The van der Waals surface area contributed by atoms with Crippen molar-refractivity contribution in [3.05, 3.63) is 53.3 Å². The number of nitrogens with zero attached hydrogens (tertiary/aromatic N) is 1. The standard InChI is InChI=1S/C14H15N3O/c1-9-5-6-13(12(15)8-9)17-14(18)11-4-3-7-16-10(11)2/h3-8H,15H2,1-2H3,(H,17,18). The number of aryl methyl sites for hydroxylation is 2. The van der Waals surface area contributed by atoms with Crippen molar-refractivity contribution in [1.82, 2.24) is 4.98 Å². The first-order chi connectivity index (χ1) is 8.58. The number of nitrogens with two attached hydrogens (primary N) is 1. The van der Waals surface area contributed by atoms with E-state index in [1.165, 1.54) is 0 Å². The van der Waals surface area contributed by atoms with Crippen LogP contribution in [0.2, 0.25) is 0 Å². The van der Waals surface area contributed by atoms with Gasteiger partial charge in [-0.2, -0.15) is 0 Å². The van der Waals surface area contributed by atoms with Crippen molar-refractivity contribution in [3.8, 4) is 0 Å². The van der Waals surface area contributed by atoms with Crippen LogP contribution in [0.25, 0.3) is 0 Å². The maximum atomic E-state index is 12.1. The number of benzene rings is 1. The van der Waals surface area contributed by atoms with Crippen LogP contribution in [-0.2, 0) is 0 Å². The monoisotopic (exact) mass is 241 g/mol.